The lowest BCUT2D eigenvalue weighted by Crippen LogP contribution is -2.27. The molecule has 5 rings (SSSR count). The minimum absolute atomic E-state index is 0.0874. The summed E-state index contributed by atoms with van der Waals surface area (Å²) in [6.07, 6.45) is 2.84. The zero-order valence-corrected chi connectivity index (χ0v) is 15.4. The van der Waals surface area contributed by atoms with Crippen LogP contribution in [0, 0.1) is 0 Å². The largest absolute Gasteiger partial charge is 0.336 e. The van der Waals surface area contributed by atoms with Gasteiger partial charge in [-0.2, -0.15) is 0 Å². The second kappa shape index (κ2) is 6.64. The number of fused-ring (bicyclic) bond motifs is 2. The van der Waals surface area contributed by atoms with Crippen LogP contribution in [0.25, 0.3) is 10.9 Å². The van der Waals surface area contributed by atoms with Crippen molar-refractivity contribution < 1.29 is 9.59 Å². The first-order chi connectivity index (χ1) is 13.7. The number of anilines is 2. The fourth-order valence-electron chi connectivity index (χ4n) is 4.11. The maximum Gasteiger partial charge on any atom is 0.321 e. The Bertz CT molecular complexity index is 1090. The minimum Gasteiger partial charge on any atom is -0.336 e. The van der Waals surface area contributed by atoms with Crippen molar-refractivity contribution in [3.63, 3.8) is 0 Å². The van der Waals surface area contributed by atoms with E-state index in [2.05, 4.69) is 10.6 Å². The summed E-state index contributed by atoms with van der Waals surface area (Å²) in [6, 6.07) is 15.1. The number of urea groups is 1. The van der Waals surface area contributed by atoms with E-state index >= 15 is 0 Å². The van der Waals surface area contributed by atoms with Crippen LogP contribution in [0.4, 0.5) is 16.2 Å². The average molecular weight is 372 g/mol. The van der Waals surface area contributed by atoms with Crippen LogP contribution >= 0.6 is 0 Å². The molecule has 6 heteroatoms. The van der Waals surface area contributed by atoms with Gasteiger partial charge < -0.3 is 10.6 Å². The van der Waals surface area contributed by atoms with Gasteiger partial charge in [0.1, 0.15) is 0 Å². The molecule has 2 N–H and O–H groups in total. The van der Waals surface area contributed by atoms with E-state index in [4.69, 9.17) is 4.98 Å². The van der Waals surface area contributed by atoms with Crippen LogP contribution in [0.2, 0.25) is 0 Å². The topological polar surface area (TPSA) is 74.3 Å². The zero-order chi connectivity index (χ0) is 19.1. The number of amides is 3. The summed E-state index contributed by atoms with van der Waals surface area (Å²) in [7, 11) is 0. The van der Waals surface area contributed by atoms with E-state index in [-0.39, 0.29) is 11.9 Å². The number of carbonyl (C=O) groups excluding carboxylic acids is 2. The first-order valence-electron chi connectivity index (χ1n) is 9.58. The number of nitrogens with one attached hydrogen (secondary N) is 2. The van der Waals surface area contributed by atoms with Crippen LogP contribution in [0.5, 0.6) is 0 Å². The lowest BCUT2D eigenvalue weighted by atomic mass is 10.0. The number of benzene rings is 2. The summed E-state index contributed by atoms with van der Waals surface area (Å²) in [5.41, 5.74) is 5.25. The number of hydrogen-bond acceptors (Lipinski definition) is 3. The van der Waals surface area contributed by atoms with Gasteiger partial charge in [-0.25, -0.2) is 4.79 Å². The number of aryl methyl sites for hydroxylation is 1. The Labute approximate surface area is 162 Å². The molecule has 0 atom stereocenters. The number of hydrogen-bond donors (Lipinski definition) is 2. The summed E-state index contributed by atoms with van der Waals surface area (Å²) in [5, 5.41) is 6.71. The highest BCUT2D eigenvalue weighted by molar-refractivity contribution is 6.13. The van der Waals surface area contributed by atoms with Crippen molar-refractivity contribution >= 4 is 34.2 Å². The van der Waals surface area contributed by atoms with E-state index < -0.39 is 0 Å². The number of aromatic nitrogens is 1. The van der Waals surface area contributed by atoms with Crippen LogP contribution in [-0.2, 0) is 12.8 Å². The summed E-state index contributed by atoms with van der Waals surface area (Å²) >= 11 is 0. The standard InChI is InChI=1S/C22H20N4O2/c27-21(24-14-8-10-15(11-9-14)26-13-12-23-22(26)28)20-16-4-1-2-6-18(16)25-19-7-3-5-17(19)20/h1-2,4,6,8-11H,3,5,7,12-13H2,(H,23,28)(H,24,27). The Morgan fingerprint density at radius 2 is 1.89 bits per heavy atom. The molecule has 0 saturated carbocycles. The molecule has 3 amide bonds. The molecule has 140 valence electrons. The number of carbonyl (C=O) groups is 2. The Hall–Kier alpha value is -3.41. The van der Waals surface area contributed by atoms with Crippen molar-refractivity contribution in [1.29, 1.82) is 0 Å². The molecule has 2 heterocycles. The van der Waals surface area contributed by atoms with Crippen molar-refractivity contribution in [3.05, 3.63) is 65.4 Å². The Balaban J connectivity index is 1.46. The van der Waals surface area contributed by atoms with E-state index in [0.29, 0.717) is 18.8 Å². The minimum atomic E-state index is -0.108. The quantitative estimate of drug-likeness (QED) is 0.739. The smallest absolute Gasteiger partial charge is 0.321 e. The lowest BCUT2D eigenvalue weighted by Gasteiger charge is -2.15. The lowest BCUT2D eigenvalue weighted by molar-refractivity contribution is 0.102. The first kappa shape index (κ1) is 16.7. The zero-order valence-electron chi connectivity index (χ0n) is 15.4. The van der Waals surface area contributed by atoms with Gasteiger partial charge in [0.25, 0.3) is 5.91 Å². The Kier molecular flexibility index (Phi) is 3.97. The van der Waals surface area contributed by atoms with Gasteiger partial charge in [0.05, 0.1) is 11.1 Å². The molecular weight excluding hydrogens is 352 g/mol. The molecule has 2 aromatic carbocycles. The van der Waals surface area contributed by atoms with Crippen molar-refractivity contribution in [1.82, 2.24) is 10.3 Å². The third-order valence-electron chi connectivity index (χ3n) is 5.44. The molecule has 1 saturated heterocycles. The van der Waals surface area contributed by atoms with E-state index in [0.717, 1.165) is 52.7 Å². The van der Waals surface area contributed by atoms with Crippen molar-refractivity contribution in [2.24, 2.45) is 0 Å². The maximum absolute atomic E-state index is 13.2. The van der Waals surface area contributed by atoms with Crippen molar-refractivity contribution in [2.45, 2.75) is 19.3 Å². The maximum atomic E-state index is 13.2. The van der Waals surface area contributed by atoms with Crippen LogP contribution in [0.15, 0.2) is 48.5 Å². The predicted octanol–water partition coefficient (Wildman–Crippen LogP) is 3.51. The number of para-hydroxylation sites is 1. The van der Waals surface area contributed by atoms with E-state index in [1.54, 1.807) is 4.90 Å². The highest BCUT2D eigenvalue weighted by Gasteiger charge is 2.24. The molecular formula is C22H20N4O2. The molecule has 1 aliphatic carbocycles. The molecule has 0 spiro atoms. The molecule has 1 aromatic heterocycles. The molecule has 2 aliphatic rings. The number of pyridine rings is 1. The molecule has 0 radical (unpaired) electrons. The van der Waals surface area contributed by atoms with Crippen LogP contribution < -0.4 is 15.5 Å². The van der Waals surface area contributed by atoms with Gasteiger partial charge in [-0.1, -0.05) is 18.2 Å². The van der Waals surface area contributed by atoms with E-state index in [1.807, 2.05) is 48.5 Å². The summed E-state index contributed by atoms with van der Waals surface area (Å²) in [6.45, 7) is 1.30. The molecule has 1 aliphatic heterocycles. The van der Waals surface area contributed by atoms with Gasteiger partial charge in [-0.05, 0) is 55.2 Å². The summed E-state index contributed by atoms with van der Waals surface area (Å²) in [4.78, 5) is 31.4. The van der Waals surface area contributed by atoms with Crippen molar-refractivity contribution in [2.75, 3.05) is 23.3 Å². The molecule has 6 nitrogen and oxygen atoms in total. The average Bonchev–Trinajstić information content (AvgIpc) is 3.35. The van der Waals surface area contributed by atoms with Crippen LogP contribution in [-0.4, -0.2) is 30.0 Å². The monoisotopic (exact) mass is 372 g/mol. The van der Waals surface area contributed by atoms with Crippen LogP contribution in [0.1, 0.15) is 28.0 Å². The fraction of sp³-hybridized carbons (Fsp3) is 0.227. The SMILES string of the molecule is O=C(Nc1ccc(N2CCNC2=O)cc1)c1c2c(nc3ccccc13)CCC2. The highest BCUT2D eigenvalue weighted by atomic mass is 16.2. The van der Waals surface area contributed by atoms with Gasteiger partial charge in [-0.3, -0.25) is 14.7 Å². The first-order valence-corrected chi connectivity index (χ1v) is 9.58. The molecule has 0 bridgehead atoms. The third kappa shape index (κ3) is 2.78. The van der Waals surface area contributed by atoms with E-state index in [9.17, 15) is 9.59 Å². The van der Waals surface area contributed by atoms with Gasteiger partial charge in [0.15, 0.2) is 0 Å². The van der Waals surface area contributed by atoms with Gasteiger partial charge in [0.2, 0.25) is 0 Å². The van der Waals surface area contributed by atoms with E-state index in [1.165, 1.54) is 0 Å². The normalized spacial score (nSPS) is 15.6. The van der Waals surface area contributed by atoms with Gasteiger partial charge >= 0.3 is 6.03 Å². The second-order valence-corrected chi connectivity index (χ2v) is 7.17. The Morgan fingerprint density at radius 3 is 2.68 bits per heavy atom. The molecule has 0 unspecified atom stereocenters. The molecule has 28 heavy (non-hydrogen) atoms. The van der Waals surface area contributed by atoms with Crippen molar-refractivity contribution in [3.8, 4) is 0 Å². The fourth-order valence-corrected chi connectivity index (χ4v) is 4.11. The van der Waals surface area contributed by atoms with Crippen LogP contribution in [0.3, 0.4) is 0 Å². The molecule has 3 aromatic rings. The second-order valence-electron chi connectivity index (χ2n) is 7.17. The summed E-state index contributed by atoms with van der Waals surface area (Å²) in [5.74, 6) is -0.108. The van der Waals surface area contributed by atoms with Gasteiger partial charge in [0, 0.05) is 35.5 Å². The number of rotatable bonds is 3. The number of nitrogens with zero attached hydrogens (tertiary/aromatic N) is 2. The molecule has 1 fully saturated rings. The summed E-state index contributed by atoms with van der Waals surface area (Å²) < 4.78 is 0. The highest BCUT2D eigenvalue weighted by Crippen LogP contribution is 2.30. The Morgan fingerprint density at radius 1 is 1.07 bits per heavy atom. The third-order valence-corrected chi connectivity index (χ3v) is 5.44. The predicted molar refractivity (Wildman–Crippen MR) is 109 cm³/mol. The van der Waals surface area contributed by atoms with Gasteiger partial charge in [-0.15, -0.1) is 0 Å².